The first kappa shape index (κ1) is 15.9. The van der Waals surface area contributed by atoms with Gasteiger partial charge in [0.2, 0.25) is 0 Å². The van der Waals surface area contributed by atoms with Crippen LogP contribution in [-0.2, 0) is 16.0 Å². The quantitative estimate of drug-likeness (QED) is 0.862. The number of benzene rings is 1. The van der Waals surface area contributed by atoms with E-state index < -0.39 is 0 Å². The number of nitrogens with one attached hydrogen (secondary N) is 1. The summed E-state index contributed by atoms with van der Waals surface area (Å²) in [6, 6.07) is 9.55. The van der Waals surface area contributed by atoms with E-state index in [0.29, 0.717) is 23.5 Å². The summed E-state index contributed by atoms with van der Waals surface area (Å²) in [4.78, 5) is 30.7. The first-order valence-electron chi connectivity index (χ1n) is 7.28. The molecular weight excluding hydrogens is 280 g/mol. The van der Waals surface area contributed by atoms with E-state index in [-0.39, 0.29) is 24.1 Å². The van der Waals surface area contributed by atoms with Crippen LogP contribution in [0.3, 0.4) is 0 Å². The Bertz CT molecular complexity index is 708. The molecule has 1 heterocycles. The largest absolute Gasteiger partial charge is 0.458 e. The highest BCUT2D eigenvalue weighted by atomic mass is 16.5. The van der Waals surface area contributed by atoms with Gasteiger partial charge in [-0.1, -0.05) is 30.3 Å². The van der Waals surface area contributed by atoms with E-state index >= 15 is 0 Å². The van der Waals surface area contributed by atoms with Gasteiger partial charge in [-0.05, 0) is 32.8 Å². The Morgan fingerprint density at radius 3 is 2.59 bits per heavy atom. The molecule has 1 N–H and O–H groups in total. The molecule has 0 aliphatic rings. The predicted molar refractivity (Wildman–Crippen MR) is 83.6 cm³/mol. The van der Waals surface area contributed by atoms with Crippen molar-refractivity contribution >= 4 is 5.97 Å². The van der Waals surface area contributed by atoms with Crippen LogP contribution < -0.4 is 5.56 Å². The molecule has 5 nitrogen and oxygen atoms in total. The highest BCUT2D eigenvalue weighted by Gasteiger charge is 2.14. The minimum atomic E-state index is -0.323. The highest BCUT2D eigenvalue weighted by molar-refractivity contribution is 5.70. The number of rotatable bonds is 5. The van der Waals surface area contributed by atoms with Crippen LogP contribution in [0.2, 0.25) is 0 Å². The van der Waals surface area contributed by atoms with Gasteiger partial charge in [0.15, 0.2) is 0 Å². The number of aryl methyl sites for hydroxylation is 2. The van der Waals surface area contributed by atoms with Gasteiger partial charge in [0.05, 0.1) is 0 Å². The smallest absolute Gasteiger partial charge is 0.306 e. The molecule has 0 saturated carbocycles. The fraction of sp³-hybridized carbons (Fsp3) is 0.353. The lowest BCUT2D eigenvalue weighted by Crippen LogP contribution is -2.19. The van der Waals surface area contributed by atoms with Gasteiger partial charge in [0, 0.05) is 17.7 Å². The number of hydrogen-bond acceptors (Lipinski definition) is 4. The summed E-state index contributed by atoms with van der Waals surface area (Å²) < 4.78 is 5.39. The molecule has 1 atom stereocenters. The van der Waals surface area contributed by atoms with Gasteiger partial charge in [0.25, 0.3) is 5.56 Å². The zero-order valence-electron chi connectivity index (χ0n) is 13.1. The van der Waals surface area contributed by atoms with Gasteiger partial charge in [-0.2, -0.15) is 0 Å². The van der Waals surface area contributed by atoms with Gasteiger partial charge in [-0.15, -0.1) is 0 Å². The van der Waals surface area contributed by atoms with Crippen LogP contribution in [0.15, 0.2) is 35.1 Å². The summed E-state index contributed by atoms with van der Waals surface area (Å²) in [5, 5.41) is 0. The third kappa shape index (κ3) is 4.04. The monoisotopic (exact) mass is 300 g/mol. The van der Waals surface area contributed by atoms with E-state index in [1.165, 1.54) is 0 Å². The summed E-state index contributed by atoms with van der Waals surface area (Å²) >= 11 is 0. The normalized spacial score (nSPS) is 12.0. The molecule has 2 aromatic rings. The molecule has 0 bridgehead atoms. The van der Waals surface area contributed by atoms with E-state index in [9.17, 15) is 9.59 Å². The molecule has 0 saturated heterocycles. The average Bonchev–Trinajstić information content (AvgIpc) is 2.47. The summed E-state index contributed by atoms with van der Waals surface area (Å²) in [7, 11) is 0. The van der Waals surface area contributed by atoms with E-state index in [4.69, 9.17) is 4.74 Å². The van der Waals surface area contributed by atoms with Gasteiger partial charge in [0.1, 0.15) is 11.9 Å². The lowest BCUT2D eigenvalue weighted by Gasteiger charge is -2.13. The number of hydrogen-bond donors (Lipinski definition) is 1. The first-order valence-corrected chi connectivity index (χ1v) is 7.28. The number of carbonyl (C=O) groups is 1. The van der Waals surface area contributed by atoms with Crippen molar-refractivity contribution in [3.63, 3.8) is 0 Å². The zero-order valence-corrected chi connectivity index (χ0v) is 13.1. The topological polar surface area (TPSA) is 72.0 Å². The molecule has 0 aliphatic heterocycles. The number of nitrogens with zero attached hydrogens (tertiary/aromatic N) is 1. The second-order valence-electron chi connectivity index (χ2n) is 5.26. The lowest BCUT2D eigenvalue weighted by molar-refractivity contribution is -0.148. The van der Waals surface area contributed by atoms with Crippen LogP contribution in [0.1, 0.15) is 42.1 Å². The number of aromatic nitrogens is 2. The SMILES string of the molecule is Cc1nc(C)c(CCC(=O)O[C@@H](C)c2ccccc2)c(=O)[nH]1. The summed E-state index contributed by atoms with van der Waals surface area (Å²) in [6.07, 6.45) is 0.185. The molecule has 0 unspecified atom stereocenters. The summed E-state index contributed by atoms with van der Waals surface area (Å²) in [6.45, 7) is 5.34. The number of esters is 1. The Hall–Kier alpha value is -2.43. The van der Waals surface area contributed by atoms with Crippen molar-refractivity contribution in [1.82, 2.24) is 9.97 Å². The van der Waals surface area contributed by atoms with Crippen molar-refractivity contribution < 1.29 is 9.53 Å². The Labute approximate surface area is 129 Å². The fourth-order valence-electron chi connectivity index (χ4n) is 2.32. The number of aromatic amines is 1. The van der Waals surface area contributed by atoms with Crippen LogP contribution in [0, 0.1) is 13.8 Å². The van der Waals surface area contributed by atoms with E-state index in [1.54, 1.807) is 13.8 Å². The zero-order chi connectivity index (χ0) is 16.1. The maximum atomic E-state index is 11.9. The number of carbonyl (C=O) groups excluding carboxylic acids is 1. The number of H-pyrrole nitrogens is 1. The van der Waals surface area contributed by atoms with Crippen molar-refractivity contribution in [2.75, 3.05) is 0 Å². The Balaban J connectivity index is 1.95. The van der Waals surface area contributed by atoms with Crippen LogP contribution in [0.25, 0.3) is 0 Å². The molecule has 0 fully saturated rings. The maximum absolute atomic E-state index is 11.9. The summed E-state index contributed by atoms with van der Waals surface area (Å²) in [5.74, 6) is 0.252. The van der Waals surface area contributed by atoms with Crippen molar-refractivity contribution in [3.05, 3.63) is 63.3 Å². The van der Waals surface area contributed by atoms with Crippen molar-refractivity contribution in [3.8, 4) is 0 Å². The predicted octanol–water partition coefficient (Wildman–Crippen LogP) is 2.62. The summed E-state index contributed by atoms with van der Waals surface area (Å²) in [5.41, 5.74) is 1.95. The Morgan fingerprint density at radius 1 is 1.27 bits per heavy atom. The second-order valence-corrected chi connectivity index (χ2v) is 5.26. The fourth-order valence-corrected chi connectivity index (χ4v) is 2.32. The standard InChI is InChI=1S/C17H20N2O3/c1-11-15(17(21)19-13(3)18-11)9-10-16(20)22-12(2)14-7-5-4-6-8-14/h4-8,12H,9-10H2,1-3H3,(H,18,19,21)/t12-/m0/s1. The van der Waals surface area contributed by atoms with Crippen LogP contribution in [-0.4, -0.2) is 15.9 Å². The minimum Gasteiger partial charge on any atom is -0.458 e. The van der Waals surface area contributed by atoms with Gasteiger partial charge >= 0.3 is 5.97 Å². The molecule has 0 amide bonds. The van der Waals surface area contributed by atoms with Gasteiger partial charge in [-0.3, -0.25) is 9.59 Å². The maximum Gasteiger partial charge on any atom is 0.306 e. The third-order valence-electron chi connectivity index (χ3n) is 3.50. The molecule has 0 radical (unpaired) electrons. The third-order valence-corrected chi connectivity index (χ3v) is 3.50. The van der Waals surface area contributed by atoms with Crippen LogP contribution >= 0.6 is 0 Å². The van der Waals surface area contributed by atoms with E-state index in [2.05, 4.69) is 9.97 Å². The molecule has 5 heteroatoms. The van der Waals surface area contributed by atoms with E-state index in [1.807, 2.05) is 37.3 Å². The molecule has 2 rings (SSSR count). The first-order chi connectivity index (χ1) is 10.5. The molecule has 116 valence electrons. The lowest BCUT2D eigenvalue weighted by atomic mass is 10.1. The second kappa shape index (κ2) is 7.02. The van der Waals surface area contributed by atoms with Crippen molar-refractivity contribution in [2.45, 2.75) is 39.7 Å². The van der Waals surface area contributed by atoms with Crippen molar-refractivity contribution in [2.24, 2.45) is 0 Å². The van der Waals surface area contributed by atoms with Crippen LogP contribution in [0.4, 0.5) is 0 Å². The van der Waals surface area contributed by atoms with Crippen LogP contribution in [0.5, 0.6) is 0 Å². The van der Waals surface area contributed by atoms with Gasteiger partial charge in [-0.25, -0.2) is 4.98 Å². The Kier molecular flexibility index (Phi) is 5.09. The molecular formula is C17H20N2O3. The molecule has 0 aliphatic carbocycles. The minimum absolute atomic E-state index is 0.159. The molecule has 22 heavy (non-hydrogen) atoms. The molecule has 1 aromatic heterocycles. The average molecular weight is 300 g/mol. The highest BCUT2D eigenvalue weighted by Crippen LogP contribution is 2.17. The molecule has 0 spiro atoms. The Morgan fingerprint density at radius 2 is 1.95 bits per heavy atom. The van der Waals surface area contributed by atoms with Gasteiger partial charge < -0.3 is 9.72 Å². The molecule has 1 aromatic carbocycles. The van der Waals surface area contributed by atoms with E-state index in [0.717, 1.165) is 5.56 Å². The van der Waals surface area contributed by atoms with Crippen molar-refractivity contribution in [1.29, 1.82) is 0 Å². The number of ether oxygens (including phenoxy) is 1.